The van der Waals surface area contributed by atoms with Crippen molar-refractivity contribution in [3.05, 3.63) is 108 Å². The molecule has 0 radical (unpaired) electrons. The minimum Gasteiger partial charge on any atom is -0.456 e. The molecule has 0 amide bonds. The predicted molar refractivity (Wildman–Crippen MR) is 180 cm³/mol. The molecule has 0 aromatic heterocycles. The molecule has 0 bridgehead atoms. The van der Waals surface area contributed by atoms with E-state index in [1.165, 1.54) is 6.92 Å². The monoisotopic (exact) mass is 613 g/mol. The number of carbonyl (C=O) groups is 3. The molecular weight excluding hydrogens is 562 g/mol. The fraction of sp³-hybridized carbons (Fsp3) is 0.462. The summed E-state index contributed by atoms with van der Waals surface area (Å²) >= 11 is 0. The fourth-order valence-electron chi connectivity index (χ4n) is 5.98. The number of Topliss-reactive ketones (excluding diaryl/α,β-unsaturated/α-hetero) is 2. The molecule has 0 spiro atoms. The van der Waals surface area contributed by atoms with Gasteiger partial charge in [0.2, 0.25) is 0 Å². The predicted octanol–water partition coefficient (Wildman–Crippen LogP) is 7.82. The van der Waals surface area contributed by atoms with E-state index >= 15 is 0 Å². The standard InChI is InChI=1S/C39H51NO5/c1-29(38(31-21-13-9-14-22-31,32-23-15-10-16-24-32)33-25-17-11-18-26-33)34(42)27-19-12-20-28-40-39(30(2)41,45-37(6,7)8)35(43)44-36(3,4)5/h9-11,13-18,21-26,29,40H,12,19-20,27-28H2,1-8H3. The highest BCUT2D eigenvalue weighted by Crippen LogP contribution is 2.46. The number of hydrogen-bond donors (Lipinski definition) is 1. The minimum atomic E-state index is -1.91. The van der Waals surface area contributed by atoms with Crippen LogP contribution >= 0.6 is 0 Å². The third-order valence-electron chi connectivity index (χ3n) is 7.94. The first-order valence-corrected chi connectivity index (χ1v) is 16.0. The van der Waals surface area contributed by atoms with Crippen molar-refractivity contribution in [2.45, 2.75) is 103 Å². The van der Waals surface area contributed by atoms with Crippen LogP contribution in [0.5, 0.6) is 0 Å². The Morgan fingerprint density at radius 2 is 1.11 bits per heavy atom. The summed E-state index contributed by atoms with van der Waals surface area (Å²) in [5.41, 5.74) is -0.887. The lowest BCUT2D eigenvalue weighted by molar-refractivity contribution is -0.206. The van der Waals surface area contributed by atoms with Gasteiger partial charge < -0.3 is 9.47 Å². The van der Waals surface area contributed by atoms with Gasteiger partial charge >= 0.3 is 5.97 Å². The number of ketones is 2. The summed E-state index contributed by atoms with van der Waals surface area (Å²) in [5.74, 6) is -1.36. The van der Waals surface area contributed by atoms with Gasteiger partial charge in [0.05, 0.1) is 11.0 Å². The van der Waals surface area contributed by atoms with E-state index in [0.717, 1.165) is 23.1 Å². The summed E-state index contributed by atoms with van der Waals surface area (Å²) in [6, 6.07) is 30.9. The summed E-state index contributed by atoms with van der Waals surface area (Å²) in [6.45, 7) is 14.4. The number of ether oxygens (including phenoxy) is 2. The lowest BCUT2D eigenvalue weighted by atomic mass is 9.61. The highest BCUT2D eigenvalue weighted by molar-refractivity contribution is 6.06. The maximum atomic E-state index is 14.0. The average Bonchev–Trinajstić information content (AvgIpc) is 2.98. The molecule has 6 nitrogen and oxygen atoms in total. The second-order valence-electron chi connectivity index (χ2n) is 13.8. The Balaban J connectivity index is 1.76. The third kappa shape index (κ3) is 8.99. The van der Waals surface area contributed by atoms with Crippen LogP contribution in [0.1, 0.15) is 97.8 Å². The Hall–Kier alpha value is -3.61. The zero-order valence-corrected chi connectivity index (χ0v) is 28.3. The average molecular weight is 614 g/mol. The van der Waals surface area contributed by atoms with E-state index < -0.39 is 34.1 Å². The van der Waals surface area contributed by atoms with E-state index in [9.17, 15) is 14.4 Å². The second kappa shape index (κ2) is 15.1. The largest absolute Gasteiger partial charge is 0.456 e. The van der Waals surface area contributed by atoms with Crippen LogP contribution in [-0.2, 0) is 29.3 Å². The van der Waals surface area contributed by atoms with E-state index in [0.29, 0.717) is 25.8 Å². The number of benzene rings is 3. The van der Waals surface area contributed by atoms with Crippen LogP contribution in [0.25, 0.3) is 0 Å². The quantitative estimate of drug-likeness (QED) is 0.0619. The van der Waals surface area contributed by atoms with Crippen molar-refractivity contribution in [3.63, 3.8) is 0 Å². The SMILES string of the molecule is CC(=O)C(NCCCCCC(=O)C(C)C(c1ccccc1)(c1ccccc1)c1ccccc1)(OC(C)(C)C)C(=O)OC(C)(C)C. The third-order valence-corrected chi connectivity index (χ3v) is 7.94. The van der Waals surface area contributed by atoms with E-state index in [-0.39, 0.29) is 11.7 Å². The summed E-state index contributed by atoms with van der Waals surface area (Å²) in [7, 11) is 0. The van der Waals surface area contributed by atoms with Crippen LogP contribution < -0.4 is 5.32 Å². The van der Waals surface area contributed by atoms with Gasteiger partial charge in [-0.15, -0.1) is 0 Å². The molecule has 45 heavy (non-hydrogen) atoms. The van der Waals surface area contributed by atoms with Gasteiger partial charge in [-0.05, 0) is 84.5 Å². The Bertz CT molecular complexity index is 1290. The van der Waals surface area contributed by atoms with Crippen molar-refractivity contribution in [3.8, 4) is 0 Å². The molecule has 0 saturated heterocycles. The summed E-state index contributed by atoms with van der Waals surface area (Å²) < 4.78 is 11.6. The number of esters is 1. The molecule has 0 aliphatic rings. The van der Waals surface area contributed by atoms with Gasteiger partial charge in [-0.3, -0.25) is 14.9 Å². The lowest BCUT2D eigenvalue weighted by Gasteiger charge is -2.40. The van der Waals surface area contributed by atoms with Crippen LogP contribution in [0.4, 0.5) is 0 Å². The molecule has 3 rings (SSSR count). The first-order chi connectivity index (χ1) is 21.1. The molecule has 0 heterocycles. The van der Waals surface area contributed by atoms with E-state index in [1.807, 2.05) is 61.5 Å². The number of carbonyl (C=O) groups excluding carboxylic acids is 3. The highest BCUT2D eigenvalue weighted by Gasteiger charge is 2.50. The smallest absolute Gasteiger partial charge is 0.362 e. The van der Waals surface area contributed by atoms with Crippen LogP contribution in [-0.4, -0.2) is 41.0 Å². The van der Waals surface area contributed by atoms with Crippen LogP contribution in [0.3, 0.4) is 0 Å². The molecule has 1 N–H and O–H groups in total. The summed E-state index contributed by atoms with van der Waals surface area (Å²) in [6.07, 6.45) is 2.48. The van der Waals surface area contributed by atoms with E-state index in [2.05, 4.69) is 41.7 Å². The summed E-state index contributed by atoms with van der Waals surface area (Å²) in [4.78, 5) is 40.1. The Kier molecular flexibility index (Phi) is 12.0. The molecule has 242 valence electrons. The maximum absolute atomic E-state index is 14.0. The number of nitrogens with one attached hydrogen (secondary N) is 1. The van der Waals surface area contributed by atoms with Gasteiger partial charge in [-0.25, -0.2) is 4.79 Å². The van der Waals surface area contributed by atoms with Gasteiger partial charge in [0.25, 0.3) is 5.72 Å². The van der Waals surface area contributed by atoms with Crippen molar-refractivity contribution >= 4 is 17.5 Å². The van der Waals surface area contributed by atoms with Crippen molar-refractivity contribution in [1.29, 1.82) is 0 Å². The number of hydrogen-bond acceptors (Lipinski definition) is 6. The van der Waals surface area contributed by atoms with Crippen molar-refractivity contribution in [1.82, 2.24) is 5.32 Å². The van der Waals surface area contributed by atoms with Crippen molar-refractivity contribution < 1.29 is 23.9 Å². The Morgan fingerprint density at radius 1 is 0.667 bits per heavy atom. The normalized spacial score (nSPS) is 14.3. The lowest BCUT2D eigenvalue weighted by Crippen LogP contribution is -2.63. The van der Waals surface area contributed by atoms with Gasteiger partial charge in [0.1, 0.15) is 11.4 Å². The van der Waals surface area contributed by atoms with Crippen LogP contribution in [0.2, 0.25) is 0 Å². The van der Waals surface area contributed by atoms with Gasteiger partial charge in [-0.2, -0.15) is 0 Å². The molecule has 3 aromatic carbocycles. The van der Waals surface area contributed by atoms with Gasteiger partial charge in [-0.1, -0.05) is 104 Å². The summed E-state index contributed by atoms with van der Waals surface area (Å²) in [5, 5.41) is 3.08. The topological polar surface area (TPSA) is 81.7 Å². The van der Waals surface area contributed by atoms with Crippen LogP contribution in [0, 0.1) is 5.92 Å². The fourth-order valence-corrected chi connectivity index (χ4v) is 5.98. The van der Waals surface area contributed by atoms with Crippen LogP contribution in [0.15, 0.2) is 91.0 Å². The highest BCUT2D eigenvalue weighted by atomic mass is 16.6. The number of rotatable bonds is 15. The molecule has 3 aromatic rings. The molecule has 0 aliphatic carbocycles. The Morgan fingerprint density at radius 3 is 1.49 bits per heavy atom. The zero-order valence-electron chi connectivity index (χ0n) is 28.3. The molecule has 0 fully saturated rings. The van der Waals surface area contributed by atoms with Gasteiger partial charge in [0, 0.05) is 12.3 Å². The zero-order chi connectivity index (χ0) is 33.3. The molecule has 0 saturated carbocycles. The van der Waals surface area contributed by atoms with Gasteiger partial charge in [0.15, 0.2) is 5.78 Å². The van der Waals surface area contributed by atoms with E-state index in [4.69, 9.17) is 9.47 Å². The molecular formula is C39H51NO5. The van der Waals surface area contributed by atoms with E-state index in [1.54, 1.807) is 41.5 Å². The van der Waals surface area contributed by atoms with Crippen molar-refractivity contribution in [2.24, 2.45) is 5.92 Å². The molecule has 0 aliphatic heterocycles. The molecule has 6 heteroatoms. The second-order valence-corrected chi connectivity index (χ2v) is 13.8. The van der Waals surface area contributed by atoms with Crippen molar-refractivity contribution in [2.75, 3.05) is 6.54 Å². The molecule has 2 unspecified atom stereocenters. The first kappa shape index (κ1) is 35.9. The molecule has 2 atom stereocenters. The maximum Gasteiger partial charge on any atom is 0.362 e. The first-order valence-electron chi connectivity index (χ1n) is 16.0. The number of unbranched alkanes of at least 4 members (excludes halogenated alkanes) is 2. The Labute approximate surface area is 269 Å². The minimum absolute atomic E-state index is 0.183.